The van der Waals surface area contributed by atoms with Crippen LogP contribution in [-0.2, 0) is 16.0 Å². The normalized spacial score (nSPS) is 14.7. The van der Waals surface area contributed by atoms with Crippen LogP contribution in [0.4, 0.5) is 0 Å². The molecule has 1 heterocycles. The molecule has 0 spiro atoms. The van der Waals surface area contributed by atoms with Crippen LogP contribution in [0.15, 0.2) is 18.2 Å². The molecule has 1 aliphatic heterocycles. The molecule has 0 radical (unpaired) electrons. The van der Waals surface area contributed by atoms with Crippen molar-refractivity contribution in [2.45, 2.75) is 25.8 Å². The van der Waals surface area contributed by atoms with Crippen molar-refractivity contribution in [2.75, 3.05) is 26.9 Å². The fraction of sp³-hybridized carbons (Fsp3) is 0.533. The smallest absolute Gasteiger partial charge is 0.322 e. The van der Waals surface area contributed by atoms with E-state index in [1.165, 1.54) is 7.11 Å². The highest BCUT2D eigenvalue weighted by Gasteiger charge is 2.16. The van der Waals surface area contributed by atoms with Crippen LogP contribution in [-0.4, -0.2) is 38.9 Å². The monoisotopic (exact) mass is 279 g/mol. The van der Waals surface area contributed by atoms with Gasteiger partial charge < -0.3 is 19.5 Å². The minimum Gasteiger partial charge on any atom is -0.486 e. The topological polar surface area (TPSA) is 56.8 Å². The van der Waals surface area contributed by atoms with Gasteiger partial charge in [0.1, 0.15) is 19.3 Å². The lowest BCUT2D eigenvalue weighted by Crippen LogP contribution is -2.38. The van der Waals surface area contributed by atoms with Crippen LogP contribution < -0.4 is 14.8 Å². The number of fused-ring (bicyclic) bond motifs is 1. The second kappa shape index (κ2) is 7.14. The number of esters is 1. The van der Waals surface area contributed by atoms with Crippen molar-refractivity contribution < 1.29 is 19.0 Å². The molecule has 1 aromatic carbocycles. The molecule has 1 aromatic rings. The molecular formula is C15H21NO4. The molecule has 2 rings (SSSR count). The van der Waals surface area contributed by atoms with Crippen molar-refractivity contribution in [1.29, 1.82) is 0 Å². The third kappa shape index (κ3) is 3.63. The van der Waals surface area contributed by atoms with Crippen LogP contribution in [0.1, 0.15) is 18.9 Å². The lowest BCUT2D eigenvalue weighted by Gasteiger charge is -2.19. The first kappa shape index (κ1) is 14.7. The zero-order valence-electron chi connectivity index (χ0n) is 12.0. The van der Waals surface area contributed by atoms with Crippen molar-refractivity contribution in [2.24, 2.45) is 0 Å². The number of methoxy groups -OCH3 is 1. The van der Waals surface area contributed by atoms with E-state index in [-0.39, 0.29) is 12.0 Å². The summed E-state index contributed by atoms with van der Waals surface area (Å²) in [6.45, 7) is 3.87. The standard InChI is InChI=1S/C15H21NO4/c1-3-12(15(17)18-2)16-7-6-11-4-5-13-14(10-11)20-9-8-19-13/h4-5,10,12,16H,3,6-9H2,1-2H3. The molecule has 0 fully saturated rings. The number of hydrogen-bond acceptors (Lipinski definition) is 5. The van der Waals surface area contributed by atoms with Crippen molar-refractivity contribution in [1.82, 2.24) is 5.32 Å². The van der Waals surface area contributed by atoms with Gasteiger partial charge in [0.2, 0.25) is 0 Å². The number of nitrogens with one attached hydrogen (secondary N) is 1. The minimum atomic E-state index is -0.239. The van der Waals surface area contributed by atoms with Crippen molar-refractivity contribution in [3.63, 3.8) is 0 Å². The highest BCUT2D eigenvalue weighted by Crippen LogP contribution is 2.30. The summed E-state index contributed by atoms with van der Waals surface area (Å²) in [6.07, 6.45) is 1.54. The van der Waals surface area contributed by atoms with Gasteiger partial charge in [-0.05, 0) is 37.1 Å². The first-order valence-electron chi connectivity index (χ1n) is 6.94. The van der Waals surface area contributed by atoms with Gasteiger partial charge in [0.25, 0.3) is 0 Å². The van der Waals surface area contributed by atoms with E-state index >= 15 is 0 Å². The van der Waals surface area contributed by atoms with Crippen molar-refractivity contribution >= 4 is 5.97 Å². The molecule has 110 valence electrons. The summed E-state index contributed by atoms with van der Waals surface area (Å²) in [5.41, 5.74) is 1.15. The number of carbonyl (C=O) groups is 1. The largest absolute Gasteiger partial charge is 0.486 e. The molecule has 5 nitrogen and oxygen atoms in total. The molecule has 1 atom stereocenters. The third-order valence-electron chi connectivity index (χ3n) is 3.30. The van der Waals surface area contributed by atoms with Gasteiger partial charge in [-0.25, -0.2) is 0 Å². The summed E-state index contributed by atoms with van der Waals surface area (Å²) in [4.78, 5) is 11.5. The highest BCUT2D eigenvalue weighted by atomic mass is 16.6. The van der Waals surface area contributed by atoms with Crippen LogP contribution in [0.2, 0.25) is 0 Å². The summed E-state index contributed by atoms with van der Waals surface area (Å²) in [5, 5.41) is 3.20. The molecule has 1 unspecified atom stereocenters. The number of hydrogen-bond donors (Lipinski definition) is 1. The average molecular weight is 279 g/mol. The Morgan fingerprint density at radius 1 is 1.35 bits per heavy atom. The van der Waals surface area contributed by atoms with E-state index in [9.17, 15) is 4.79 Å². The van der Waals surface area contributed by atoms with E-state index in [1.54, 1.807) is 0 Å². The van der Waals surface area contributed by atoms with E-state index in [1.807, 2.05) is 25.1 Å². The molecule has 0 aliphatic carbocycles. The SMILES string of the molecule is CCC(NCCc1ccc2c(c1)OCCO2)C(=O)OC. The van der Waals surface area contributed by atoms with Gasteiger partial charge in [0.15, 0.2) is 11.5 Å². The van der Waals surface area contributed by atoms with Crippen LogP contribution in [0.3, 0.4) is 0 Å². The number of rotatable bonds is 6. The summed E-state index contributed by atoms with van der Waals surface area (Å²) in [6, 6.07) is 5.71. The van der Waals surface area contributed by atoms with Crippen LogP contribution >= 0.6 is 0 Å². The van der Waals surface area contributed by atoms with Crippen molar-refractivity contribution in [3.8, 4) is 11.5 Å². The van der Waals surface area contributed by atoms with Gasteiger partial charge in [-0.15, -0.1) is 0 Å². The van der Waals surface area contributed by atoms with Crippen LogP contribution in [0.25, 0.3) is 0 Å². The van der Waals surface area contributed by atoms with E-state index < -0.39 is 0 Å². The van der Waals surface area contributed by atoms with E-state index in [4.69, 9.17) is 14.2 Å². The van der Waals surface area contributed by atoms with Gasteiger partial charge in [-0.1, -0.05) is 13.0 Å². The van der Waals surface area contributed by atoms with Gasteiger partial charge in [0, 0.05) is 0 Å². The fourth-order valence-electron chi connectivity index (χ4n) is 2.17. The Kier molecular flexibility index (Phi) is 5.24. The second-order valence-electron chi connectivity index (χ2n) is 4.67. The second-order valence-corrected chi connectivity index (χ2v) is 4.67. The Morgan fingerprint density at radius 2 is 2.10 bits per heavy atom. The van der Waals surface area contributed by atoms with E-state index in [0.29, 0.717) is 26.2 Å². The Hall–Kier alpha value is -1.75. The molecule has 20 heavy (non-hydrogen) atoms. The quantitative estimate of drug-likeness (QED) is 0.801. The number of carbonyl (C=O) groups excluding carboxylic acids is 1. The maximum absolute atomic E-state index is 11.5. The summed E-state index contributed by atoms with van der Waals surface area (Å²) >= 11 is 0. The molecule has 0 bridgehead atoms. The zero-order chi connectivity index (χ0) is 14.4. The summed E-state index contributed by atoms with van der Waals surface area (Å²) in [5.74, 6) is 1.39. The Balaban J connectivity index is 1.86. The van der Waals surface area contributed by atoms with Gasteiger partial charge in [-0.2, -0.15) is 0 Å². The maximum atomic E-state index is 11.5. The van der Waals surface area contributed by atoms with Gasteiger partial charge in [-0.3, -0.25) is 4.79 Å². The predicted octanol–water partition coefficient (Wildman–Crippen LogP) is 1.54. The highest BCUT2D eigenvalue weighted by molar-refractivity contribution is 5.75. The average Bonchev–Trinajstić information content (AvgIpc) is 2.50. The first-order chi connectivity index (χ1) is 9.74. The van der Waals surface area contributed by atoms with E-state index in [0.717, 1.165) is 23.5 Å². The Bertz CT molecular complexity index is 461. The lowest BCUT2D eigenvalue weighted by atomic mass is 10.1. The van der Waals surface area contributed by atoms with Gasteiger partial charge in [0.05, 0.1) is 7.11 Å². The predicted molar refractivity (Wildman–Crippen MR) is 75.2 cm³/mol. The van der Waals surface area contributed by atoms with Crippen LogP contribution in [0.5, 0.6) is 11.5 Å². The lowest BCUT2D eigenvalue weighted by molar-refractivity contribution is -0.143. The maximum Gasteiger partial charge on any atom is 0.322 e. The summed E-state index contributed by atoms with van der Waals surface area (Å²) < 4.78 is 15.8. The number of benzene rings is 1. The Morgan fingerprint density at radius 3 is 2.80 bits per heavy atom. The molecule has 1 N–H and O–H groups in total. The fourth-order valence-corrected chi connectivity index (χ4v) is 2.17. The Labute approximate surface area is 119 Å². The third-order valence-corrected chi connectivity index (χ3v) is 3.30. The zero-order valence-corrected chi connectivity index (χ0v) is 12.0. The molecule has 0 saturated carbocycles. The molecule has 0 amide bonds. The summed E-state index contributed by atoms with van der Waals surface area (Å²) in [7, 11) is 1.41. The van der Waals surface area contributed by atoms with E-state index in [2.05, 4.69) is 5.32 Å². The van der Waals surface area contributed by atoms with Crippen molar-refractivity contribution in [3.05, 3.63) is 23.8 Å². The van der Waals surface area contributed by atoms with Crippen LogP contribution in [0, 0.1) is 0 Å². The minimum absolute atomic E-state index is 0.213. The number of ether oxygens (including phenoxy) is 3. The molecule has 1 aliphatic rings. The molecule has 5 heteroatoms. The molecular weight excluding hydrogens is 258 g/mol. The molecule has 0 saturated heterocycles. The molecule has 0 aromatic heterocycles. The first-order valence-corrected chi connectivity index (χ1v) is 6.94. The van der Waals surface area contributed by atoms with Gasteiger partial charge >= 0.3 is 5.97 Å².